The van der Waals surface area contributed by atoms with Gasteiger partial charge in [-0.15, -0.1) is 0 Å². The van der Waals surface area contributed by atoms with E-state index in [0.29, 0.717) is 6.16 Å². The first kappa shape index (κ1) is 32.0. The Hall–Kier alpha value is -1.50. The van der Waals surface area contributed by atoms with E-state index in [1.165, 1.54) is 5.57 Å². The summed E-state index contributed by atoms with van der Waals surface area (Å²) < 4.78 is 28.6. The summed E-state index contributed by atoms with van der Waals surface area (Å²) >= 11 is 0. The van der Waals surface area contributed by atoms with Crippen molar-refractivity contribution in [2.45, 2.75) is 103 Å². The highest BCUT2D eigenvalue weighted by Crippen LogP contribution is 2.47. The Morgan fingerprint density at radius 1 is 0.795 bits per heavy atom. The lowest BCUT2D eigenvalue weighted by Crippen LogP contribution is -2.49. The number of hydrogen-bond donors (Lipinski definition) is 0. The van der Waals surface area contributed by atoms with E-state index < -0.39 is 23.8 Å². The van der Waals surface area contributed by atoms with Gasteiger partial charge in [-0.3, -0.25) is 0 Å². The van der Waals surface area contributed by atoms with Crippen molar-refractivity contribution in [3.05, 3.63) is 84.5 Å². The molecule has 3 nitrogen and oxygen atoms in total. The molecular weight excluding hydrogens is 532 g/mol. The lowest BCUT2D eigenvalue weighted by atomic mass is 9.90. The van der Waals surface area contributed by atoms with E-state index in [0.717, 1.165) is 29.0 Å². The molecule has 0 radical (unpaired) electrons. The zero-order valence-electron chi connectivity index (χ0n) is 26.0. The Bertz CT molecular complexity index is 1160. The molecule has 2 aromatic carbocycles. The Morgan fingerprint density at radius 3 is 1.67 bits per heavy atom. The third-order valence-electron chi connectivity index (χ3n) is 9.18. The van der Waals surface area contributed by atoms with Crippen LogP contribution in [-0.2, 0) is 13.4 Å². The standard InChI is InChI=1S/C33H51O3PSi2/c1-26-30(35-38(8,9)32(2,3)4)24-27(25-31(26)36-39(10,11)33(5,6)7)22-23-37(34,28-18-14-12-15-19-28)29-20-16-13-17-21-29/h12-21,24,30-31H,1,22-23,25H2,2-11H3/t30-,31+/m0/s1. The number of benzene rings is 2. The molecular formula is C33H51O3PSi2. The molecule has 1 aliphatic rings. The van der Waals surface area contributed by atoms with E-state index in [-0.39, 0.29) is 22.3 Å². The first-order chi connectivity index (χ1) is 17.9. The van der Waals surface area contributed by atoms with E-state index in [1.807, 2.05) is 60.7 Å². The zero-order valence-corrected chi connectivity index (χ0v) is 28.9. The molecule has 2 aromatic rings. The van der Waals surface area contributed by atoms with Gasteiger partial charge in [0.1, 0.15) is 7.14 Å². The van der Waals surface area contributed by atoms with Crippen molar-refractivity contribution in [3.63, 3.8) is 0 Å². The number of rotatable bonds is 9. The minimum Gasteiger partial charge on any atom is -0.410 e. The van der Waals surface area contributed by atoms with Crippen molar-refractivity contribution < 1.29 is 13.4 Å². The van der Waals surface area contributed by atoms with E-state index in [4.69, 9.17) is 8.85 Å². The van der Waals surface area contributed by atoms with Gasteiger partial charge in [0.25, 0.3) is 0 Å². The van der Waals surface area contributed by atoms with E-state index in [9.17, 15) is 4.57 Å². The van der Waals surface area contributed by atoms with E-state index >= 15 is 0 Å². The third kappa shape index (κ3) is 7.43. The van der Waals surface area contributed by atoms with Gasteiger partial charge in [-0.05, 0) is 54.7 Å². The van der Waals surface area contributed by atoms with Gasteiger partial charge >= 0.3 is 0 Å². The molecule has 0 saturated carbocycles. The van der Waals surface area contributed by atoms with Crippen LogP contribution in [0.25, 0.3) is 0 Å². The lowest BCUT2D eigenvalue weighted by molar-refractivity contribution is 0.161. The molecule has 0 N–H and O–H groups in total. The highest BCUT2D eigenvalue weighted by Gasteiger charge is 2.44. The highest BCUT2D eigenvalue weighted by atomic mass is 31.2. The fourth-order valence-electron chi connectivity index (χ4n) is 4.43. The maximum atomic E-state index is 14.7. The molecule has 0 aromatic heterocycles. The lowest BCUT2D eigenvalue weighted by Gasteiger charge is -2.45. The van der Waals surface area contributed by atoms with Crippen LogP contribution in [0.15, 0.2) is 84.5 Å². The van der Waals surface area contributed by atoms with Crippen molar-refractivity contribution in [2.75, 3.05) is 6.16 Å². The molecule has 6 heteroatoms. The fraction of sp³-hybridized carbons (Fsp3) is 0.515. The molecule has 0 aliphatic heterocycles. The molecule has 39 heavy (non-hydrogen) atoms. The minimum atomic E-state index is -2.81. The quantitative estimate of drug-likeness (QED) is 0.168. The first-order valence-corrected chi connectivity index (χ1v) is 22.0. The summed E-state index contributed by atoms with van der Waals surface area (Å²) in [6.07, 6.45) is 4.11. The van der Waals surface area contributed by atoms with Gasteiger partial charge in [0.15, 0.2) is 16.6 Å². The minimum absolute atomic E-state index is 0.0881. The molecule has 0 fully saturated rings. The molecule has 0 saturated heterocycles. The number of hydrogen-bond acceptors (Lipinski definition) is 3. The normalized spacial score (nSPS) is 19.6. The maximum absolute atomic E-state index is 14.7. The molecule has 0 heterocycles. The van der Waals surface area contributed by atoms with Gasteiger partial charge in [0, 0.05) is 16.8 Å². The van der Waals surface area contributed by atoms with Crippen molar-refractivity contribution >= 4 is 34.4 Å². The van der Waals surface area contributed by atoms with Gasteiger partial charge in [0.05, 0.1) is 12.2 Å². The molecule has 0 amide bonds. The van der Waals surface area contributed by atoms with Crippen molar-refractivity contribution in [1.82, 2.24) is 0 Å². The van der Waals surface area contributed by atoms with Crippen LogP contribution in [-0.4, -0.2) is 35.0 Å². The van der Waals surface area contributed by atoms with Crippen LogP contribution in [0.5, 0.6) is 0 Å². The second-order valence-electron chi connectivity index (χ2n) is 14.2. The second kappa shape index (κ2) is 11.8. The molecule has 3 rings (SSSR count). The van der Waals surface area contributed by atoms with Gasteiger partial charge in [-0.2, -0.15) is 0 Å². The van der Waals surface area contributed by atoms with Gasteiger partial charge in [0.2, 0.25) is 0 Å². The Balaban J connectivity index is 1.97. The van der Waals surface area contributed by atoms with Crippen LogP contribution >= 0.6 is 7.14 Å². The van der Waals surface area contributed by atoms with E-state index in [2.05, 4.69) is 80.4 Å². The van der Waals surface area contributed by atoms with Crippen LogP contribution in [0.3, 0.4) is 0 Å². The first-order valence-electron chi connectivity index (χ1n) is 14.3. The Kier molecular flexibility index (Phi) is 9.67. The van der Waals surface area contributed by atoms with Gasteiger partial charge in [-0.25, -0.2) is 0 Å². The van der Waals surface area contributed by atoms with Crippen LogP contribution < -0.4 is 10.6 Å². The summed E-state index contributed by atoms with van der Waals surface area (Å²) in [6, 6.07) is 20.0. The summed E-state index contributed by atoms with van der Waals surface area (Å²) in [5.41, 5.74) is 2.30. The van der Waals surface area contributed by atoms with Crippen LogP contribution in [0.4, 0.5) is 0 Å². The topological polar surface area (TPSA) is 35.5 Å². The summed E-state index contributed by atoms with van der Waals surface area (Å²) in [7, 11) is -6.91. The average molecular weight is 583 g/mol. The van der Waals surface area contributed by atoms with Crippen LogP contribution in [0.2, 0.25) is 36.3 Å². The van der Waals surface area contributed by atoms with E-state index in [1.54, 1.807) is 0 Å². The molecule has 214 valence electrons. The average Bonchev–Trinajstić information content (AvgIpc) is 2.84. The smallest absolute Gasteiger partial charge is 0.193 e. The highest BCUT2D eigenvalue weighted by molar-refractivity contribution is 7.78. The molecule has 0 spiro atoms. The predicted octanol–water partition coefficient (Wildman–Crippen LogP) is 9.06. The Morgan fingerprint density at radius 2 is 1.23 bits per heavy atom. The summed E-state index contributed by atoms with van der Waals surface area (Å²) in [4.78, 5) is 0. The third-order valence-corrected chi connectivity index (χ3v) is 21.2. The summed E-state index contributed by atoms with van der Waals surface area (Å²) in [5.74, 6) is 0. The predicted molar refractivity (Wildman–Crippen MR) is 175 cm³/mol. The molecule has 0 unspecified atom stereocenters. The largest absolute Gasteiger partial charge is 0.410 e. The molecule has 1 aliphatic carbocycles. The van der Waals surface area contributed by atoms with Crippen molar-refractivity contribution in [3.8, 4) is 0 Å². The summed E-state index contributed by atoms with van der Waals surface area (Å²) in [5, 5.41) is 2.02. The summed E-state index contributed by atoms with van der Waals surface area (Å²) in [6.45, 7) is 27.4. The fourth-order valence-corrected chi connectivity index (χ4v) is 9.66. The van der Waals surface area contributed by atoms with Crippen LogP contribution in [0.1, 0.15) is 54.4 Å². The second-order valence-corrected chi connectivity index (χ2v) is 26.6. The SMILES string of the molecule is C=C1[C@@H](O[Si](C)(C)C(C)(C)C)C=C(CCP(=O)(c2ccccc2)c2ccccc2)C[C@H]1O[Si](C)(C)C(C)(C)C. The van der Waals surface area contributed by atoms with Gasteiger partial charge in [-0.1, -0.05) is 120 Å². The molecule has 2 atom stereocenters. The zero-order chi connectivity index (χ0) is 29.3. The van der Waals surface area contributed by atoms with Gasteiger partial charge < -0.3 is 13.4 Å². The Labute approximate surface area is 240 Å². The monoisotopic (exact) mass is 582 g/mol. The van der Waals surface area contributed by atoms with Crippen molar-refractivity contribution in [1.29, 1.82) is 0 Å². The maximum Gasteiger partial charge on any atom is 0.193 e. The van der Waals surface area contributed by atoms with Crippen LogP contribution in [0, 0.1) is 0 Å². The van der Waals surface area contributed by atoms with Crippen molar-refractivity contribution in [2.24, 2.45) is 0 Å². The molecule has 0 bridgehead atoms.